The van der Waals surface area contributed by atoms with Gasteiger partial charge in [0.25, 0.3) is 0 Å². The van der Waals surface area contributed by atoms with E-state index in [-0.39, 0.29) is 23.8 Å². The number of oxazole rings is 1. The number of carbonyl (C=O) groups excluding carboxylic acids is 1. The molecule has 7 heteroatoms. The summed E-state index contributed by atoms with van der Waals surface area (Å²) in [5, 5.41) is 2.71. The van der Waals surface area contributed by atoms with Gasteiger partial charge >= 0.3 is 0 Å². The number of hydrogen-bond acceptors (Lipinski definition) is 3. The summed E-state index contributed by atoms with van der Waals surface area (Å²) in [4.78, 5) is 16.0. The van der Waals surface area contributed by atoms with Gasteiger partial charge in [0.05, 0.1) is 22.5 Å². The topological polar surface area (TPSA) is 55.1 Å². The van der Waals surface area contributed by atoms with E-state index < -0.39 is 11.6 Å². The molecule has 0 spiro atoms. The number of hydrogen-bond donors (Lipinski definition) is 1. The van der Waals surface area contributed by atoms with Gasteiger partial charge in [-0.2, -0.15) is 0 Å². The zero-order valence-corrected chi connectivity index (χ0v) is 13.7. The number of benzene rings is 2. The first-order chi connectivity index (χ1) is 12.0. The zero-order chi connectivity index (χ0) is 17.8. The average molecular weight is 363 g/mol. The van der Waals surface area contributed by atoms with Crippen LogP contribution in [0.15, 0.2) is 53.1 Å². The summed E-state index contributed by atoms with van der Waals surface area (Å²) >= 11 is 5.86. The number of carbonyl (C=O) groups is 1. The molecular weight excluding hydrogens is 350 g/mol. The molecule has 0 bridgehead atoms. The molecule has 1 heterocycles. The van der Waals surface area contributed by atoms with E-state index in [0.29, 0.717) is 22.9 Å². The lowest BCUT2D eigenvalue weighted by Crippen LogP contribution is -2.12. The molecule has 3 rings (SSSR count). The molecule has 0 radical (unpaired) electrons. The molecule has 1 aromatic heterocycles. The lowest BCUT2D eigenvalue weighted by molar-refractivity contribution is -0.116. The zero-order valence-electron chi connectivity index (χ0n) is 12.9. The summed E-state index contributed by atoms with van der Waals surface area (Å²) in [6, 6.07) is 9.90. The minimum atomic E-state index is -0.483. The average Bonchev–Trinajstić information content (AvgIpc) is 3.05. The normalized spacial score (nSPS) is 10.7. The van der Waals surface area contributed by atoms with E-state index in [1.54, 1.807) is 18.2 Å². The third kappa shape index (κ3) is 4.22. The van der Waals surface area contributed by atoms with Gasteiger partial charge in [-0.25, -0.2) is 13.8 Å². The van der Waals surface area contributed by atoms with Crippen LogP contribution in [0.1, 0.15) is 12.3 Å². The maximum atomic E-state index is 13.7. The fourth-order valence-corrected chi connectivity index (χ4v) is 2.45. The van der Waals surface area contributed by atoms with E-state index in [1.807, 2.05) is 0 Å². The molecule has 0 aliphatic carbocycles. The standard InChI is InChI=1S/C18H13ClF2N2O2/c19-13-9-11(20)5-6-15(13)23-17(24)7-8-18-22-10-16(25-18)12-3-1-2-4-14(12)21/h1-6,9-10H,7-8H2,(H,23,24). The van der Waals surface area contributed by atoms with E-state index in [9.17, 15) is 13.6 Å². The summed E-state index contributed by atoms with van der Waals surface area (Å²) in [5.74, 6) is -0.592. The van der Waals surface area contributed by atoms with Gasteiger partial charge in [0.1, 0.15) is 11.6 Å². The Kier molecular flexibility index (Phi) is 5.09. The van der Waals surface area contributed by atoms with Crippen LogP contribution in [0.2, 0.25) is 5.02 Å². The molecule has 128 valence electrons. The molecule has 25 heavy (non-hydrogen) atoms. The van der Waals surface area contributed by atoms with Gasteiger partial charge in [0.15, 0.2) is 11.7 Å². The lowest BCUT2D eigenvalue weighted by Gasteiger charge is -2.06. The quantitative estimate of drug-likeness (QED) is 0.706. The maximum Gasteiger partial charge on any atom is 0.224 e. The van der Waals surface area contributed by atoms with Gasteiger partial charge in [-0.1, -0.05) is 23.7 Å². The van der Waals surface area contributed by atoms with Gasteiger partial charge in [0.2, 0.25) is 5.91 Å². The molecular formula is C18H13ClF2N2O2. The summed E-state index contributed by atoms with van der Waals surface area (Å²) in [7, 11) is 0. The van der Waals surface area contributed by atoms with Gasteiger partial charge in [-0.3, -0.25) is 4.79 Å². The third-order valence-corrected chi connectivity index (χ3v) is 3.78. The summed E-state index contributed by atoms with van der Waals surface area (Å²) < 4.78 is 32.2. The number of halogens is 3. The second-order valence-corrected chi connectivity index (χ2v) is 5.68. The Hall–Kier alpha value is -2.73. The Morgan fingerprint density at radius 3 is 2.76 bits per heavy atom. The molecule has 0 saturated carbocycles. The van der Waals surface area contributed by atoms with Crippen molar-refractivity contribution in [2.45, 2.75) is 12.8 Å². The molecule has 0 saturated heterocycles. The maximum absolute atomic E-state index is 13.7. The smallest absolute Gasteiger partial charge is 0.224 e. The highest BCUT2D eigenvalue weighted by molar-refractivity contribution is 6.33. The van der Waals surface area contributed by atoms with Gasteiger partial charge in [-0.05, 0) is 30.3 Å². The van der Waals surface area contributed by atoms with Crippen LogP contribution in [0.3, 0.4) is 0 Å². The van der Waals surface area contributed by atoms with Gasteiger partial charge < -0.3 is 9.73 Å². The van der Waals surface area contributed by atoms with Crippen molar-refractivity contribution in [3.8, 4) is 11.3 Å². The van der Waals surface area contributed by atoms with E-state index in [0.717, 1.165) is 6.07 Å². The van der Waals surface area contributed by atoms with Crippen molar-refractivity contribution in [3.63, 3.8) is 0 Å². The van der Waals surface area contributed by atoms with Crippen LogP contribution in [0.4, 0.5) is 14.5 Å². The molecule has 1 N–H and O–H groups in total. The molecule has 2 aromatic carbocycles. The molecule has 0 aliphatic heterocycles. The van der Waals surface area contributed by atoms with Crippen molar-refractivity contribution < 1.29 is 18.0 Å². The second kappa shape index (κ2) is 7.44. The lowest BCUT2D eigenvalue weighted by atomic mass is 10.2. The van der Waals surface area contributed by atoms with Crippen LogP contribution >= 0.6 is 11.6 Å². The molecule has 4 nitrogen and oxygen atoms in total. The van der Waals surface area contributed by atoms with Crippen molar-refractivity contribution >= 4 is 23.2 Å². The highest BCUT2D eigenvalue weighted by Gasteiger charge is 2.12. The molecule has 1 amide bonds. The Morgan fingerprint density at radius 2 is 2.00 bits per heavy atom. The van der Waals surface area contributed by atoms with Crippen molar-refractivity contribution in [2.75, 3.05) is 5.32 Å². The van der Waals surface area contributed by atoms with Crippen molar-refractivity contribution in [3.05, 3.63) is 71.2 Å². The Morgan fingerprint density at radius 1 is 1.20 bits per heavy atom. The summed E-state index contributed by atoms with van der Waals surface area (Å²) in [5.41, 5.74) is 0.635. The van der Waals surface area contributed by atoms with E-state index in [4.69, 9.17) is 16.0 Å². The number of nitrogens with zero attached hydrogens (tertiary/aromatic N) is 1. The van der Waals surface area contributed by atoms with Crippen molar-refractivity contribution in [1.29, 1.82) is 0 Å². The van der Waals surface area contributed by atoms with E-state index >= 15 is 0 Å². The highest BCUT2D eigenvalue weighted by atomic mass is 35.5. The van der Waals surface area contributed by atoms with Crippen molar-refractivity contribution in [2.24, 2.45) is 0 Å². The molecule has 0 atom stereocenters. The van der Waals surface area contributed by atoms with Gasteiger partial charge in [0, 0.05) is 12.8 Å². The van der Waals surface area contributed by atoms with Crippen LogP contribution in [0.25, 0.3) is 11.3 Å². The number of aryl methyl sites for hydroxylation is 1. The Balaban J connectivity index is 1.60. The third-order valence-electron chi connectivity index (χ3n) is 3.46. The first-order valence-electron chi connectivity index (χ1n) is 7.47. The van der Waals surface area contributed by atoms with Crippen LogP contribution in [0, 0.1) is 11.6 Å². The highest BCUT2D eigenvalue weighted by Crippen LogP contribution is 2.24. The largest absolute Gasteiger partial charge is 0.441 e. The number of amides is 1. The van der Waals surface area contributed by atoms with Crippen LogP contribution in [-0.2, 0) is 11.2 Å². The minimum absolute atomic E-state index is 0.0882. The number of anilines is 1. The molecule has 3 aromatic rings. The predicted octanol–water partition coefficient (Wildman–Crippen LogP) is 4.84. The fraction of sp³-hybridized carbons (Fsp3) is 0.111. The molecule has 0 aliphatic rings. The first-order valence-corrected chi connectivity index (χ1v) is 7.85. The van der Waals surface area contributed by atoms with Gasteiger partial charge in [-0.15, -0.1) is 0 Å². The second-order valence-electron chi connectivity index (χ2n) is 5.27. The number of rotatable bonds is 5. The van der Waals surface area contributed by atoms with E-state index in [1.165, 1.54) is 24.4 Å². The fourth-order valence-electron chi connectivity index (χ4n) is 2.24. The Bertz CT molecular complexity index is 912. The first kappa shape index (κ1) is 17.1. The molecule has 0 unspecified atom stereocenters. The number of aromatic nitrogens is 1. The minimum Gasteiger partial charge on any atom is -0.441 e. The molecule has 0 fully saturated rings. The van der Waals surface area contributed by atoms with Crippen molar-refractivity contribution in [1.82, 2.24) is 4.98 Å². The Labute approximate surface area is 147 Å². The monoisotopic (exact) mass is 362 g/mol. The predicted molar refractivity (Wildman–Crippen MR) is 90.3 cm³/mol. The van der Waals surface area contributed by atoms with Crippen LogP contribution in [-0.4, -0.2) is 10.9 Å². The summed E-state index contributed by atoms with van der Waals surface area (Å²) in [6.45, 7) is 0. The van der Waals surface area contributed by atoms with E-state index in [2.05, 4.69) is 10.3 Å². The van der Waals surface area contributed by atoms with Crippen LogP contribution < -0.4 is 5.32 Å². The summed E-state index contributed by atoms with van der Waals surface area (Å²) in [6.07, 6.45) is 1.74. The SMILES string of the molecule is O=C(CCc1ncc(-c2ccccc2F)o1)Nc1ccc(F)cc1Cl. The van der Waals surface area contributed by atoms with Crippen LogP contribution in [0.5, 0.6) is 0 Å². The number of nitrogens with one attached hydrogen (secondary N) is 1.